The number of unbranched alkanes of at least 4 members (excludes halogenated alkanes) is 5. The molecule has 0 saturated carbocycles. The Hall–Kier alpha value is -1.88. The van der Waals surface area contributed by atoms with E-state index in [4.69, 9.17) is 9.47 Å². The summed E-state index contributed by atoms with van der Waals surface area (Å²) in [6.45, 7) is 13.8. The van der Waals surface area contributed by atoms with Gasteiger partial charge >= 0.3 is 11.9 Å². The fourth-order valence-electron chi connectivity index (χ4n) is 3.59. The zero-order valence-corrected chi connectivity index (χ0v) is 22.3. The van der Waals surface area contributed by atoms with Gasteiger partial charge in [-0.25, -0.2) is 0 Å². The fraction of sp³-hybridized carbons (Fsp3) is 0.724. The number of carbonyl (C=O) groups excluding carboxylic acids is 2. The van der Waals surface area contributed by atoms with Crippen LogP contribution in [0.5, 0.6) is 0 Å². The second kappa shape index (κ2) is 24.3. The lowest BCUT2D eigenvalue weighted by molar-refractivity contribution is -0.143. The number of carbonyl (C=O) groups is 2. The van der Waals surface area contributed by atoms with Crippen LogP contribution in [0.4, 0.5) is 0 Å². The Morgan fingerprint density at radius 1 is 0.794 bits per heavy atom. The molecule has 5 nitrogen and oxygen atoms in total. The maximum Gasteiger partial charge on any atom is 0.307 e. The summed E-state index contributed by atoms with van der Waals surface area (Å²) in [5.41, 5.74) is 0. The van der Waals surface area contributed by atoms with Gasteiger partial charge in [0, 0.05) is 13.0 Å². The molecule has 0 bridgehead atoms. The normalized spacial score (nSPS) is 12.5. The molecule has 0 fully saturated rings. The lowest BCUT2D eigenvalue weighted by Gasteiger charge is -2.19. The molecular weight excluding hydrogens is 426 g/mol. The standard InChI is InChI=1S/C29H51NO4/c1-5-9-10-11-12-16-23-30(8-4)24-22-29(32)34-26-18-15-21-27(7-3)20-14-13-17-25-33-28(31)19-6-2/h7,13,15,17-18,27H,3,5-6,8-12,14,16,19-26H2,1-2,4H3/b17-13+,18-15-. The van der Waals surface area contributed by atoms with Crippen LogP contribution in [-0.4, -0.2) is 49.7 Å². The van der Waals surface area contributed by atoms with Crippen LogP contribution in [0.3, 0.4) is 0 Å². The Labute approximate surface area is 209 Å². The van der Waals surface area contributed by atoms with Gasteiger partial charge in [0.1, 0.15) is 13.2 Å². The van der Waals surface area contributed by atoms with E-state index in [0.29, 0.717) is 32.0 Å². The van der Waals surface area contributed by atoms with E-state index >= 15 is 0 Å². The van der Waals surface area contributed by atoms with Crippen LogP contribution in [-0.2, 0) is 19.1 Å². The molecule has 0 radical (unpaired) electrons. The fourth-order valence-corrected chi connectivity index (χ4v) is 3.59. The first-order valence-electron chi connectivity index (χ1n) is 13.5. The van der Waals surface area contributed by atoms with Crippen molar-refractivity contribution >= 4 is 11.9 Å². The van der Waals surface area contributed by atoms with E-state index in [-0.39, 0.29) is 11.9 Å². The van der Waals surface area contributed by atoms with Crippen molar-refractivity contribution in [2.24, 2.45) is 5.92 Å². The summed E-state index contributed by atoms with van der Waals surface area (Å²) in [4.78, 5) is 25.7. The zero-order chi connectivity index (χ0) is 25.3. The van der Waals surface area contributed by atoms with E-state index in [1.54, 1.807) is 0 Å². The number of allylic oxidation sites excluding steroid dienone is 3. The monoisotopic (exact) mass is 477 g/mol. The summed E-state index contributed by atoms with van der Waals surface area (Å²) in [7, 11) is 0. The third kappa shape index (κ3) is 20.7. The SMILES string of the molecule is C=CC(C/C=C\COC(=O)CCN(CC)CCCCCCCC)CC/C=C/COC(=O)CCC. The Bertz CT molecular complexity index is 570. The van der Waals surface area contributed by atoms with Crippen molar-refractivity contribution in [2.45, 2.75) is 97.8 Å². The molecule has 0 aromatic rings. The van der Waals surface area contributed by atoms with Gasteiger partial charge in [0.15, 0.2) is 0 Å². The first kappa shape index (κ1) is 32.1. The maximum atomic E-state index is 12.0. The van der Waals surface area contributed by atoms with E-state index in [1.807, 2.05) is 31.2 Å². The van der Waals surface area contributed by atoms with Crippen LogP contribution in [0, 0.1) is 5.92 Å². The molecule has 0 rings (SSSR count). The summed E-state index contributed by atoms with van der Waals surface area (Å²) >= 11 is 0. The van der Waals surface area contributed by atoms with Gasteiger partial charge in [-0.1, -0.05) is 83.3 Å². The van der Waals surface area contributed by atoms with E-state index in [0.717, 1.165) is 45.3 Å². The molecular formula is C29H51NO4. The predicted octanol–water partition coefficient (Wildman–Crippen LogP) is 7.03. The quantitative estimate of drug-likeness (QED) is 0.0898. The van der Waals surface area contributed by atoms with Crippen LogP contribution < -0.4 is 0 Å². The van der Waals surface area contributed by atoms with Gasteiger partial charge in [0.2, 0.25) is 0 Å². The van der Waals surface area contributed by atoms with Crippen LogP contribution in [0.1, 0.15) is 97.8 Å². The number of hydrogen-bond donors (Lipinski definition) is 0. The molecule has 1 atom stereocenters. The summed E-state index contributed by atoms with van der Waals surface area (Å²) < 4.78 is 10.4. The average Bonchev–Trinajstić information content (AvgIpc) is 2.83. The van der Waals surface area contributed by atoms with Crippen molar-refractivity contribution in [3.63, 3.8) is 0 Å². The largest absolute Gasteiger partial charge is 0.461 e. The predicted molar refractivity (Wildman–Crippen MR) is 143 cm³/mol. The second-order valence-electron chi connectivity index (χ2n) is 8.82. The molecule has 1 unspecified atom stereocenters. The van der Waals surface area contributed by atoms with Crippen LogP contribution in [0.25, 0.3) is 0 Å². The summed E-state index contributed by atoms with van der Waals surface area (Å²) in [6, 6.07) is 0. The van der Waals surface area contributed by atoms with Gasteiger partial charge in [-0.2, -0.15) is 0 Å². The highest BCUT2D eigenvalue weighted by molar-refractivity contribution is 5.69. The number of nitrogens with zero attached hydrogens (tertiary/aromatic N) is 1. The van der Waals surface area contributed by atoms with Crippen molar-refractivity contribution in [1.29, 1.82) is 0 Å². The van der Waals surface area contributed by atoms with Gasteiger partial charge < -0.3 is 14.4 Å². The maximum absolute atomic E-state index is 12.0. The number of ether oxygens (including phenoxy) is 2. The first-order valence-corrected chi connectivity index (χ1v) is 13.5. The molecule has 0 N–H and O–H groups in total. The van der Waals surface area contributed by atoms with Gasteiger partial charge in [-0.3, -0.25) is 9.59 Å². The molecule has 0 amide bonds. The van der Waals surface area contributed by atoms with Gasteiger partial charge in [0.25, 0.3) is 0 Å². The van der Waals surface area contributed by atoms with E-state index in [2.05, 4.69) is 31.4 Å². The van der Waals surface area contributed by atoms with Crippen molar-refractivity contribution < 1.29 is 19.1 Å². The minimum atomic E-state index is -0.141. The molecule has 34 heavy (non-hydrogen) atoms. The molecule has 0 heterocycles. The highest BCUT2D eigenvalue weighted by atomic mass is 16.5. The molecule has 196 valence electrons. The molecule has 0 aliphatic heterocycles. The minimum absolute atomic E-state index is 0.129. The lowest BCUT2D eigenvalue weighted by atomic mass is 9.99. The summed E-state index contributed by atoms with van der Waals surface area (Å²) in [5.74, 6) is 0.105. The van der Waals surface area contributed by atoms with Crippen molar-refractivity contribution in [3.8, 4) is 0 Å². The van der Waals surface area contributed by atoms with Gasteiger partial charge in [0.05, 0.1) is 6.42 Å². The summed E-state index contributed by atoms with van der Waals surface area (Å²) in [6.07, 6.45) is 22.2. The second-order valence-corrected chi connectivity index (χ2v) is 8.82. The molecule has 0 saturated heterocycles. The Kier molecular flexibility index (Phi) is 22.9. The van der Waals surface area contributed by atoms with Crippen molar-refractivity contribution in [2.75, 3.05) is 32.8 Å². The minimum Gasteiger partial charge on any atom is -0.461 e. The van der Waals surface area contributed by atoms with Crippen LogP contribution in [0.2, 0.25) is 0 Å². The Morgan fingerprint density at radius 3 is 2.09 bits per heavy atom. The molecule has 0 aliphatic rings. The van der Waals surface area contributed by atoms with Crippen LogP contribution in [0.15, 0.2) is 37.0 Å². The van der Waals surface area contributed by atoms with E-state index in [9.17, 15) is 9.59 Å². The van der Waals surface area contributed by atoms with Crippen molar-refractivity contribution in [3.05, 3.63) is 37.0 Å². The Morgan fingerprint density at radius 2 is 1.44 bits per heavy atom. The van der Waals surface area contributed by atoms with Crippen molar-refractivity contribution in [1.82, 2.24) is 4.90 Å². The third-order valence-corrected chi connectivity index (χ3v) is 5.85. The highest BCUT2D eigenvalue weighted by Crippen LogP contribution is 2.13. The number of rotatable bonds is 23. The summed E-state index contributed by atoms with van der Waals surface area (Å²) in [5, 5.41) is 0. The smallest absolute Gasteiger partial charge is 0.307 e. The van der Waals surface area contributed by atoms with Crippen LogP contribution >= 0.6 is 0 Å². The molecule has 0 aliphatic carbocycles. The van der Waals surface area contributed by atoms with E-state index < -0.39 is 0 Å². The third-order valence-electron chi connectivity index (χ3n) is 5.85. The lowest BCUT2D eigenvalue weighted by Crippen LogP contribution is -2.27. The highest BCUT2D eigenvalue weighted by Gasteiger charge is 2.07. The Balaban J connectivity index is 3.88. The number of hydrogen-bond acceptors (Lipinski definition) is 5. The van der Waals surface area contributed by atoms with Gasteiger partial charge in [-0.05, 0) is 51.1 Å². The molecule has 0 aromatic carbocycles. The van der Waals surface area contributed by atoms with E-state index in [1.165, 1.54) is 38.5 Å². The zero-order valence-electron chi connectivity index (χ0n) is 22.3. The average molecular weight is 478 g/mol. The topological polar surface area (TPSA) is 55.8 Å². The first-order chi connectivity index (χ1) is 16.6. The molecule has 0 aromatic heterocycles. The number of esters is 2. The molecule has 5 heteroatoms. The molecule has 0 spiro atoms. The van der Waals surface area contributed by atoms with Gasteiger partial charge in [-0.15, -0.1) is 6.58 Å².